The quantitative estimate of drug-likeness (QED) is 0.00608. The molecule has 0 bridgehead atoms. The first-order chi connectivity index (χ1) is 43.4. The number of carbonyl (C=O) groups excluding carboxylic acids is 3. The van der Waals surface area contributed by atoms with Crippen molar-refractivity contribution in [3.8, 4) is 0 Å². The predicted octanol–water partition coefficient (Wildman–Crippen LogP) is 8.18. The van der Waals surface area contributed by atoms with E-state index in [0.717, 1.165) is 5.70 Å². The summed E-state index contributed by atoms with van der Waals surface area (Å²) in [6, 6.07) is 12.5. The van der Waals surface area contributed by atoms with Gasteiger partial charge >= 0.3 is 5.97 Å². The van der Waals surface area contributed by atoms with E-state index in [9.17, 15) is 57.8 Å². The first-order valence-electron chi connectivity index (χ1n) is 29.2. The van der Waals surface area contributed by atoms with Gasteiger partial charge in [-0.3, -0.25) is 23.2 Å². The van der Waals surface area contributed by atoms with Crippen LogP contribution in [0.2, 0.25) is 0 Å². The predicted molar refractivity (Wildman–Crippen MR) is 345 cm³/mol. The van der Waals surface area contributed by atoms with Crippen LogP contribution in [0, 0.1) is 0 Å². The summed E-state index contributed by atoms with van der Waals surface area (Å²) < 4.78 is 160. The van der Waals surface area contributed by atoms with E-state index in [-0.39, 0.29) is 119 Å². The molecule has 1 fully saturated rings. The number of hydrogen-bond donors (Lipinski definition) is 6. The van der Waals surface area contributed by atoms with Gasteiger partial charge in [0, 0.05) is 91.1 Å². The average Bonchev–Trinajstić information content (AvgIpc) is 1.61. The minimum Gasteiger partial charge on any atom is -0.383 e. The molecule has 25 nitrogen and oxygen atoms in total. The van der Waals surface area contributed by atoms with Crippen LogP contribution in [-0.4, -0.2) is 192 Å². The minimum absolute atomic E-state index is 0.0139. The van der Waals surface area contributed by atoms with Crippen molar-refractivity contribution >= 4 is 106 Å². The summed E-state index contributed by atoms with van der Waals surface area (Å²) in [7, 11) is -10.7. The average molecular weight is 1370 g/mol. The molecule has 4 aromatic carbocycles. The first kappa shape index (κ1) is 74.7. The molecule has 2 amide bonds. The van der Waals surface area contributed by atoms with Gasteiger partial charge < -0.3 is 57.5 Å². The van der Waals surface area contributed by atoms with Crippen molar-refractivity contribution in [3.63, 3.8) is 0 Å². The van der Waals surface area contributed by atoms with Crippen LogP contribution >= 0.6 is 24.7 Å². The maximum atomic E-state index is 12.8. The third-order valence-electron chi connectivity index (χ3n) is 15.1. The van der Waals surface area contributed by atoms with Crippen LogP contribution in [0.25, 0.3) is 21.5 Å². The second-order valence-electron chi connectivity index (χ2n) is 21.6. The van der Waals surface area contributed by atoms with Crippen LogP contribution in [0.4, 0.5) is 11.4 Å². The summed E-state index contributed by atoms with van der Waals surface area (Å²) >= 11 is 4.94. The Hall–Kier alpha value is -5.36. The van der Waals surface area contributed by atoms with Gasteiger partial charge in [0.05, 0.1) is 108 Å². The monoisotopic (exact) mass is 1370 g/mol. The Labute approximate surface area is 541 Å². The second-order valence-corrected chi connectivity index (χ2v) is 27.1. The Morgan fingerprint density at radius 1 is 0.692 bits per heavy atom. The van der Waals surface area contributed by atoms with Gasteiger partial charge in [0.1, 0.15) is 0 Å². The van der Waals surface area contributed by atoms with Crippen LogP contribution in [0.5, 0.6) is 0 Å². The number of nitrogens with one attached hydrogen (secondary N) is 1. The van der Waals surface area contributed by atoms with Crippen LogP contribution in [-0.2, 0) is 98.3 Å². The van der Waals surface area contributed by atoms with E-state index in [2.05, 4.69) is 22.8 Å². The normalized spacial score (nSPS) is 16.9. The smallest absolute Gasteiger partial charge is 0.335 e. The minimum atomic E-state index is -4.75. The number of benzene rings is 4. The van der Waals surface area contributed by atoms with Gasteiger partial charge in [-0.1, -0.05) is 55.5 Å². The zero-order valence-corrected chi connectivity index (χ0v) is 55.4. The van der Waals surface area contributed by atoms with Crippen molar-refractivity contribution in [1.82, 2.24) is 5.06 Å². The molecule has 4 aromatic rings. The lowest BCUT2D eigenvalue weighted by Gasteiger charge is -2.33. The number of anilines is 2. The topological polar surface area (TPSA) is 336 Å². The molecular weight excluding hydrogens is 1290 g/mol. The number of allylic oxidation sites excluding steroid dienone is 8. The number of imide groups is 1. The summed E-state index contributed by atoms with van der Waals surface area (Å²) in [6.07, 6.45) is 13.5. The van der Waals surface area contributed by atoms with Gasteiger partial charge in [-0.2, -0.15) is 25.3 Å². The molecule has 2 heterocycles. The number of hydrogen-bond acceptors (Lipinski definition) is 23. The summed E-state index contributed by atoms with van der Waals surface area (Å²) in [4.78, 5) is 42.2. The maximum absolute atomic E-state index is 12.8. The molecule has 91 heavy (non-hydrogen) atoms. The molecule has 1 saturated heterocycles. The van der Waals surface area contributed by atoms with E-state index in [0.29, 0.717) is 107 Å². The number of rotatable bonds is 42. The fourth-order valence-electron chi connectivity index (χ4n) is 10.7. The number of carbonyl (C=O) groups is 3. The highest BCUT2D eigenvalue weighted by Crippen LogP contribution is 2.54. The van der Waals surface area contributed by atoms with E-state index in [4.69, 9.17) is 42.7 Å². The zero-order chi connectivity index (χ0) is 66.2. The lowest BCUT2D eigenvalue weighted by Crippen LogP contribution is -2.32. The van der Waals surface area contributed by atoms with Crippen LogP contribution in [0.1, 0.15) is 69.9 Å². The Morgan fingerprint density at radius 2 is 1.25 bits per heavy atom. The molecule has 0 saturated carbocycles. The molecule has 2 aliphatic rings. The van der Waals surface area contributed by atoms with E-state index >= 15 is 0 Å². The summed E-state index contributed by atoms with van der Waals surface area (Å²) in [5, 5.41) is 5.88. The van der Waals surface area contributed by atoms with Crippen LogP contribution in [0.15, 0.2) is 116 Å². The standard InChI is InChI=1S/C61H81N3O22S5/c1-60(21-11-39-89(69,70)71,58-48-40-44(90(72,73)74)42-52(87)46(48)13-15-50(58)62-23-27-78-3)20-10-8-6-5-7-9-12-54-61(2,22-26-81-32-35-85-38-37-83-30-29-79-4)59-49-41-45(91(75,76)77)43-53(88-68)47(49)14-16-51(59)63(54)24-28-82-33-36-84-34-31-80-25-19-57(67)86-64-55(65)17-18-56(64)66/h5-10,12-16,40-43,62,68,87H,11,17-39H2,1-4H3,(H,69,70,71)(H,72,73,74)(H,75,76,77)/b6-5+,9-7+,10-8+,54-12+. The second kappa shape index (κ2) is 35.8. The fourth-order valence-corrected chi connectivity index (χ4v) is 13.2. The number of fused-ring (bicyclic) bond motifs is 4. The number of amides is 2. The summed E-state index contributed by atoms with van der Waals surface area (Å²) in [5.41, 5.74) is 1.57. The molecule has 2 unspecified atom stereocenters. The largest absolute Gasteiger partial charge is 0.383 e. The van der Waals surface area contributed by atoms with Gasteiger partial charge in [0.25, 0.3) is 42.2 Å². The summed E-state index contributed by atoms with van der Waals surface area (Å²) in [5.74, 6) is -2.46. The van der Waals surface area contributed by atoms with Gasteiger partial charge in [-0.15, -0.1) is 17.7 Å². The molecule has 0 spiro atoms. The SMILES string of the molecule is COCCNc1ccc2c(S)cc(S(=O)(=O)O)cc2c1C(C)(C/C=C/C=C/C=C/C=C1/N(CCOCCOCCOCCC(=O)ON2C(=O)CCC2=O)c2ccc3c(SO)cc(S(=O)(=O)O)cc3c2C1(C)CCOCCOCCOCCOC)CCCS(=O)(=O)O. The van der Waals surface area contributed by atoms with Crippen molar-refractivity contribution in [2.75, 3.05) is 136 Å². The highest BCUT2D eigenvalue weighted by atomic mass is 32.2. The molecule has 5 N–H and O–H groups in total. The van der Waals surface area contributed by atoms with Crippen molar-refractivity contribution in [3.05, 3.63) is 108 Å². The molecular formula is C61H81N3O22S5. The van der Waals surface area contributed by atoms with Gasteiger partial charge in [0.2, 0.25) is 0 Å². The molecule has 0 radical (unpaired) electrons. The Morgan fingerprint density at radius 3 is 1.87 bits per heavy atom. The highest BCUT2D eigenvalue weighted by molar-refractivity contribution is 7.94. The van der Waals surface area contributed by atoms with Crippen LogP contribution < -0.4 is 10.2 Å². The Kier molecular flexibility index (Phi) is 29.4. The number of thiol groups is 1. The van der Waals surface area contributed by atoms with E-state index in [1.54, 1.807) is 44.6 Å². The number of methoxy groups -OCH3 is 2. The lowest BCUT2D eigenvalue weighted by molar-refractivity contribution is -0.198. The number of ether oxygens (including phenoxy) is 8. The molecule has 6 rings (SSSR count). The maximum Gasteiger partial charge on any atom is 0.335 e. The van der Waals surface area contributed by atoms with Gasteiger partial charge in [0.15, 0.2) is 0 Å². The van der Waals surface area contributed by atoms with E-state index in [1.165, 1.54) is 24.3 Å². The van der Waals surface area contributed by atoms with E-state index in [1.807, 2.05) is 50.3 Å². The molecule has 2 atom stereocenters. The molecule has 502 valence electrons. The van der Waals surface area contributed by atoms with Crippen molar-refractivity contribution in [2.45, 2.75) is 89.2 Å². The van der Waals surface area contributed by atoms with Crippen molar-refractivity contribution in [2.24, 2.45) is 0 Å². The van der Waals surface area contributed by atoms with E-state index < -0.39 is 69.6 Å². The number of hydroxylamine groups is 2. The first-order valence-corrected chi connectivity index (χ1v) is 34.9. The van der Waals surface area contributed by atoms with Gasteiger partial charge in [-0.05, 0) is 113 Å². The zero-order valence-electron chi connectivity index (χ0n) is 51.2. The summed E-state index contributed by atoms with van der Waals surface area (Å²) in [6.45, 7) is 8.11. The molecule has 0 aliphatic carbocycles. The number of nitrogens with zero attached hydrogens (tertiary/aromatic N) is 2. The third kappa shape index (κ3) is 21.9. The van der Waals surface area contributed by atoms with Crippen molar-refractivity contribution in [1.29, 1.82) is 0 Å². The molecule has 30 heteroatoms. The molecule has 0 aromatic heterocycles. The fraction of sp³-hybridized carbons (Fsp3) is 0.492. The Bertz CT molecular complexity index is 3600. The Balaban J connectivity index is 1.26. The third-order valence-corrected chi connectivity index (χ3v) is 18.4. The van der Waals surface area contributed by atoms with Crippen LogP contribution in [0.3, 0.4) is 0 Å². The lowest BCUT2D eigenvalue weighted by atomic mass is 9.73. The van der Waals surface area contributed by atoms with Gasteiger partial charge in [-0.25, -0.2) is 4.79 Å². The highest BCUT2D eigenvalue weighted by Gasteiger charge is 2.45. The van der Waals surface area contributed by atoms with Crippen molar-refractivity contribution < 1.29 is 101 Å². The molecule has 2 aliphatic heterocycles.